The van der Waals surface area contributed by atoms with Crippen molar-refractivity contribution in [2.45, 2.75) is 32.1 Å². The van der Waals surface area contributed by atoms with Gasteiger partial charge in [0.1, 0.15) is 6.54 Å². The maximum Gasteiger partial charge on any atom is 0.290 e. The first-order valence-corrected chi connectivity index (χ1v) is 9.73. The fraction of sp³-hybridized carbons (Fsp3) is 0.526. The van der Waals surface area contributed by atoms with E-state index in [0.29, 0.717) is 0 Å². The number of hydrogen-bond acceptors (Lipinski definition) is 5. The summed E-state index contributed by atoms with van der Waals surface area (Å²) in [5.41, 5.74) is 6.76. The molecule has 0 unspecified atom stereocenters. The molecule has 5 rings (SSSR count). The highest BCUT2D eigenvalue weighted by molar-refractivity contribution is 6.08. The minimum Gasteiger partial charge on any atom is -0.281 e. The number of fused-ring (bicyclic) bond motifs is 6. The van der Waals surface area contributed by atoms with Crippen molar-refractivity contribution in [1.29, 1.82) is 0 Å². The summed E-state index contributed by atoms with van der Waals surface area (Å²) in [6, 6.07) is 0. The second-order valence-electron chi connectivity index (χ2n) is 8.00. The second kappa shape index (κ2) is 6.29. The normalized spacial score (nSPS) is 29.8. The van der Waals surface area contributed by atoms with Crippen LogP contribution in [0.15, 0.2) is 12.2 Å². The molecule has 1 aliphatic heterocycles. The molecule has 0 aromatic carbocycles. The van der Waals surface area contributed by atoms with Gasteiger partial charge in [0.2, 0.25) is 11.8 Å². The van der Waals surface area contributed by atoms with Gasteiger partial charge in [0.05, 0.1) is 11.8 Å². The van der Waals surface area contributed by atoms with Crippen LogP contribution in [0.5, 0.6) is 0 Å². The lowest BCUT2D eigenvalue weighted by molar-refractivity contribution is -0.144. The van der Waals surface area contributed by atoms with Crippen LogP contribution in [-0.2, 0) is 27.2 Å². The molecule has 0 spiro atoms. The van der Waals surface area contributed by atoms with Gasteiger partial charge in [0, 0.05) is 11.3 Å². The molecule has 1 aromatic rings. The zero-order valence-electron chi connectivity index (χ0n) is 15.2. The maximum absolute atomic E-state index is 12.6. The fourth-order valence-electron chi connectivity index (χ4n) is 5.16. The first kappa shape index (κ1) is 17.2. The highest BCUT2D eigenvalue weighted by Gasteiger charge is 2.59. The molecule has 2 heterocycles. The van der Waals surface area contributed by atoms with Crippen LogP contribution >= 0.6 is 0 Å². The quantitative estimate of drug-likeness (QED) is 0.381. The number of nitrogens with zero attached hydrogens (tertiary/aromatic N) is 2. The molecule has 1 saturated carbocycles. The Bertz CT molecular complexity index is 889. The third-order valence-corrected chi connectivity index (χ3v) is 6.45. The Balaban J connectivity index is 1.19. The fourth-order valence-corrected chi connectivity index (χ4v) is 5.16. The molecule has 3 N–H and O–H groups in total. The van der Waals surface area contributed by atoms with Crippen molar-refractivity contribution in [1.82, 2.24) is 25.9 Å². The number of likely N-dealkylation sites (tertiary alicyclic amines) is 1. The van der Waals surface area contributed by atoms with E-state index in [-0.39, 0.29) is 47.7 Å². The van der Waals surface area contributed by atoms with Gasteiger partial charge < -0.3 is 0 Å². The van der Waals surface area contributed by atoms with E-state index in [0.717, 1.165) is 48.3 Å². The van der Waals surface area contributed by atoms with Crippen LogP contribution in [0.1, 0.15) is 41.0 Å². The molecule has 28 heavy (non-hydrogen) atoms. The molecule has 146 valence electrons. The van der Waals surface area contributed by atoms with Crippen molar-refractivity contribution in [3.8, 4) is 0 Å². The Labute approximate surface area is 160 Å². The van der Waals surface area contributed by atoms with Crippen molar-refractivity contribution in [2.24, 2.45) is 23.7 Å². The van der Waals surface area contributed by atoms with Crippen LogP contribution < -0.4 is 10.9 Å². The molecule has 4 amide bonds. The van der Waals surface area contributed by atoms with Gasteiger partial charge in [0.25, 0.3) is 11.8 Å². The number of hydrogen-bond donors (Lipinski definition) is 3. The highest BCUT2D eigenvalue weighted by Crippen LogP contribution is 2.52. The number of H-pyrrole nitrogens is 1. The Morgan fingerprint density at radius 3 is 2.46 bits per heavy atom. The second-order valence-corrected chi connectivity index (χ2v) is 8.00. The summed E-state index contributed by atoms with van der Waals surface area (Å²) < 4.78 is 0. The van der Waals surface area contributed by atoms with Crippen LogP contribution in [0.3, 0.4) is 0 Å². The monoisotopic (exact) mass is 383 g/mol. The van der Waals surface area contributed by atoms with Crippen LogP contribution in [0.25, 0.3) is 0 Å². The number of rotatable bonds is 3. The van der Waals surface area contributed by atoms with E-state index in [1.165, 1.54) is 0 Å². The van der Waals surface area contributed by atoms with Gasteiger partial charge in [-0.25, -0.2) is 0 Å². The number of aromatic nitrogens is 2. The minimum atomic E-state index is -0.611. The smallest absolute Gasteiger partial charge is 0.281 e. The molecule has 2 bridgehead atoms. The number of carbonyl (C=O) groups is 4. The predicted molar refractivity (Wildman–Crippen MR) is 95.3 cm³/mol. The third kappa shape index (κ3) is 2.49. The van der Waals surface area contributed by atoms with E-state index in [9.17, 15) is 19.2 Å². The summed E-state index contributed by atoms with van der Waals surface area (Å²) >= 11 is 0. The molecule has 0 radical (unpaired) electrons. The summed E-state index contributed by atoms with van der Waals surface area (Å²) in [5.74, 6) is -2.15. The highest BCUT2D eigenvalue weighted by atomic mass is 16.2. The van der Waals surface area contributed by atoms with E-state index in [2.05, 4.69) is 21.0 Å². The first-order chi connectivity index (χ1) is 13.5. The molecule has 2 fully saturated rings. The Morgan fingerprint density at radius 1 is 1.07 bits per heavy atom. The molecule has 9 nitrogen and oxygen atoms in total. The predicted octanol–water partition coefficient (Wildman–Crippen LogP) is -0.143. The number of imide groups is 1. The molecular weight excluding hydrogens is 362 g/mol. The van der Waals surface area contributed by atoms with E-state index in [4.69, 9.17) is 0 Å². The van der Waals surface area contributed by atoms with Gasteiger partial charge >= 0.3 is 0 Å². The van der Waals surface area contributed by atoms with E-state index >= 15 is 0 Å². The summed E-state index contributed by atoms with van der Waals surface area (Å²) in [6.45, 7) is -0.386. The molecule has 9 heteroatoms. The number of nitrogens with one attached hydrogen (secondary N) is 3. The topological polar surface area (TPSA) is 124 Å². The summed E-state index contributed by atoms with van der Waals surface area (Å²) in [6.07, 6.45) is 8.55. The van der Waals surface area contributed by atoms with Crippen molar-refractivity contribution in [3.05, 3.63) is 29.1 Å². The van der Waals surface area contributed by atoms with Crippen molar-refractivity contribution in [3.63, 3.8) is 0 Å². The number of carbonyl (C=O) groups excluding carboxylic acids is 4. The van der Waals surface area contributed by atoms with E-state index in [1.807, 2.05) is 12.2 Å². The van der Waals surface area contributed by atoms with Crippen molar-refractivity contribution < 1.29 is 19.2 Å². The van der Waals surface area contributed by atoms with Crippen LogP contribution in [-0.4, -0.2) is 45.3 Å². The van der Waals surface area contributed by atoms with E-state index in [1.54, 1.807) is 0 Å². The molecule has 1 saturated heterocycles. The van der Waals surface area contributed by atoms with Gasteiger partial charge in [-0.2, -0.15) is 5.10 Å². The Kier molecular flexibility index (Phi) is 3.85. The van der Waals surface area contributed by atoms with Crippen LogP contribution in [0, 0.1) is 23.7 Å². The number of aromatic amines is 1. The largest absolute Gasteiger partial charge is 0.290 e. The standard InChI is InChI=1S/C19H21N5O4/c25-13(21-23-17(26)16-11-3-1-2-4-12(11)20-22-16)8-24-18(27)14-9-5-6-10(7-9)15(14)19(24)28/h5-6,9-10,14-15H,1-4,7-8H2,(H,20,22)(H,21,25)(H,23,26)/t9-,10-,14-,15+/m0/s1. The molecule has 4 atom stereocenters. The van der Waals surface area contributed by atoms with E-state index < -0.39 is 11.8 Å². The zero-order valence-corrected chi connectivity index (χ0v) is 15.2. The van der Waals surface area contributed by atoms with Crippen molar-refractivity contribution >= 4 is 23.6 Å². The zero-order chi connectivity index (χ0) is 19.4. The van der Waals surface area contributed by atoms with Gasteiger partial charge in [-0.05, 0) is 43.9 Å². The lowest BCUT2D eigenvalue weighted by Gasteiger charge is -2.17. The molecule has 4 aliphatic rings. The van der Waals surface area contributed by atoms with Crippen LogP contribution in [0.4, 0.5) is 0 Å². The molecule has 3 aliphatic carbocycles. The van der Waals surface area contributed by atoms with Gasteiger partial charge in [0.15, 0.2) is 5.69 Å². The number of amides is 4. The number of allylic oxidation sites excluding steroid dienone is 2. The lowest BCUT2D eigenvalue weighted by Crippen LogP contribution is -2.48. The maximum atomic E-state index is 12.6. The average molecular weight is 383 g/mol. The van der Waals surface area contributed by atoms with Gasteiger partial charge in [-0.1, -0.05) is 12.2 Å². The summed E-state index contributed by atoms with van der Waals surface area (Å²) in [5, 5.41) is 6.93. The summed E-state index contributed by atoms with van der Waals surface area (Å²) in [4.78, 5) is 50.8. The Hall–Kier alpha value is -2.97. The summed E-state index contributed by atoms with van der Waals surface area (Å²) in [7, 11) is 0. The molecule has 1 aromatic heterocycles. The van der Waals surface area contributed by atoms with Crippen molar-refractivity contribution in [2.75, 3.05) is 6.54 Å². The average Bonchev–Trinajstić information content (AvgIpc) is 3.46. The first-order valence-electron chi connectivity index (χ1n) is 9.73. The SMILES string of the molecule is O=C(CN1C(=O)[C@@H]2[C@H](C1=O)[C@H]1C=C[C@H]2C1)NNC(=O)c1n[nH]c2c1CCCC2. The number of hydrazine groups is 1. The van der Waals surface area contributed by atoms with Gasteiger partial charge in [-0.3, -0.25) is 40.0 Å². The van der Waals surface area contributed by atoms with Gasteiger partial charge in [-0.15, -0.1) is 0 Å². The van der Waals surface area contributed by atoms with Crippen LogP contribution in [0.2, 0.25) is 0 Å². The molecular formula is C19H21N5O4. The third-order valence-electron chi connectivity index (χ3n) is 6.45. The minimum absolute atomic E-state index is 0.102. The number of aryl methyl sites for hydroxylation is 1. The Morgan fingerprint density at radius 2 is 1.75 bits per heavy atom. The lowest BCUT2D eigenvalue weighted by atomic mass is 9.85.